The number of carboxylic acids is 1. The monoisotopic (exact) mass is 300 g/mol. The third kappa shape index (κ3) is 2.67. The zero-order valence-corrected chi connectivity index (χ0v) is 12.2. The summed E-state index contributed by atoms with van der Waals surface area (Å²) in [5.74, 6) is -1.47. The standard InChI is InChI=1S/C15H18ClFO3/c1-20-9-10-7-11(16)8-12(13(10)17)15(14(18)19)5-3-2-4-6-15/h7-8H,2-6,9H2,1H3,(H,18,19). The molecule has 1 aliphatic carbocycles. The normalized spacial score (nSPS) is 17.9. The molecule has 2 rings (SSSR count). The van der Waals surface area contributed by atoms with Crippen molar-refractivity contribution in [3.8, 4) is 0 Å². The second-order valence-corrected chi connectivity index (χ2v) is 5.74. The maximum absolute atomic E-state index is 14.6. The molecule has 1 aromatic carbocycles. The van der Waals surface area contributed by atoms with Gasteiger partial charge in [0.15, 0.2) is 0 Å². The Morgan fingerprint density at radius 2 is 2.05 bits per heavy atom. The van der Waals surface area contributed by atoms with Crippen LogP contribution in [0.2, 0.25) is 5.02 Å². The first-order valence-corrected chi connectivity index (χ1v) is 7.10. The van der Waals surface area contributed by atoms with Crippen LogP contribution < -0.4 is 0 Å². The lowest BCUT2D eigenvalue weighted by Crippen LogP contribution is -2.39. The number of methoxy groups -OCH3 is 1. The first-order valence-electron chi connectivity index (χ1n) is 6.72. The summed E-state index contributed by atoms with van der Waals surface area (Å²) in [4.78, 5) is 11.8. The van der Waals surface area contributed by atoms with Crippen molar-refractivity contribution in [3.05, 3.63) is 34.1 Å². The van der Waals surface area contributed by atoms with Gasteiger partial charge in [-0.2, -0.15) is 0 Å². The molecule has 1 aromatic rings. The fourth-order valence-corrected chi connectivity index (χ4v) is 3.25. The molecule has 20 heavy (non-hydrogen) atoms. The van der Waals surface area contributed by atoms with Gasteiger partial charge in [-0.15, -0.1) is 0 Å². The van der Waals surface area contributed by atoms with Crippen LogP contribution >= 0.6 is 11.6 Å². The predicted octanol–water partition coefficient (Wildman–Crippen LogP) is 3.91. The van der Waals surface area contributed by atoms with E-state index < -0.39 is 17.2 Å². The lowest BCUT2D eigenvalue weighted by Gasteiger charge is -2.34. The average Bonchev–Trinajstić information content (AvgIpc) is 2.43. The van der Waals surface area contributed by atoms with Crippen LogP contribution in [-0.2, 0) is 21.6 Å². The second-order valence-electron chi connectivity index (χ2n) is 5.31. The Labute approximate surface area is 122 Å². The molecular weight excluding hydrogens is 283 g/mol. The number of carbonyl (C=O) groups is 1. The number of benzene rings is 1. The van der Waals surface area contributed by atoms with Crippen LogP contribution in [0.4, 0.5) is 4.39 Å². The minimum atomic E-state index is -1.16. The fraction of sp³-hybridized carbons (Fsp3) is 0.533. The fourth-order valence-electron chi connectivity index (χ4n) is 3.01. The molecule has 3 nitrogen and oxygen atoms in total. The molecule has 5 heteroatoms. The van der Waals surface area contributed by atoms with Crippen molar-refractivity contribution < 1.29 is 19.0 Å². The van der Waals surface area contributed by atoms with Crippen molar-refractivity contribution in [2.75, 3.05) is 7.11 Å². The molecule has 0 unspecified atom stereocenters. The van der Waals surface area contributed by atoms with Gasteiger partial charge in [0, 0.05) is 23.3 Å². The van der Waals surface area contributed by atoms with Gasteiger partial charge in [0.2, 0.25) is 0 Å². The Hall–Kier alpha value is -1.13. The van der Waals surface area contributed by atoms with Crippen LogP contribution in [0.5, 0.6) is 0 Å². The van der Waals surface area contributed by atoms with Crippen LogP contribution in [0.1, 0.15) is 43.2 Å². The maximum Gasteiger partial charge on any atom is 0.314 e. The summed E-state index contributed by atoms with van der Waals surface area (Å²) in [6.07, 6.45) is 3.47. The van der Waals surface area contributed by atoms with Crippen molar-refractivity contribution in [1.29, 1.82) is 0 Å². The van der Waals surface area contributed by atoms with E-state index in [2.05, 4.69) is 0 Å². The number of aliphatic carboxylic acids is 1. The van der Waals surface area contributed by atoms with Crippen LogP contribution in [0.25, 0.3) is 0 Å². The van der Waals surface area contributed by atoms with E-state index in [4.69, 9.17) is 16.3 Å². The highest BCUT2D eigenvalue weighted by atomic mass is 35.5. The molecule has 0 bridgehead atoms. The van der Waals surface area contributed by atoms with E-state index in [1.807, 2.05) is 0 Å². The molecule has 0 radical (unpaired) electrons. The van der Waals surface area contributed by atoms with Gasteiger partial charge in [-0.25, -0.2) is 4.39 Å². The molecule has 1 N–H and O–H groups in total. The van der Waals surface area contributed by atoms with Gasteiger partial charge in [-0.3, -0.25) is 4.79 Å². The van der Waals surface area contributed by atoms with Gasteiger partial charge in [-0.1, -0.05) is 30.9 Å². The molecule has 1 fully saturated rings. The summed E-state index contributed by atoms with van der Waals surface area (Å²) in [5.41, 5.74) is -0.652. The third-order valence-corrected chi connectivity index (χ3v) is 4.26. The SMILES string of the molecule is COCc1cc(Cl)cc(C2(C(=O)O)CCCCC2)c1F. The van der Waals surface area contributed by atoms with E-state index in [0.717, 1.165) is 19.3 Å². The molecule has 0 aromatic heterocycles. The minimum Gasteiger partial charge on any atom is -0.481 e. The van der Waals surface area contributed by atoms with E-state index in [1.54, 1.807) is 0 Å². The topological polar surface area (TPSA) is 46.5 Å². The van der Waals surface area contributed by atoms with Crippen LogP contribution in [0.15, 0.2) is 12.1 Å². The van der Waals surface area contributed by atoms with E-state index in [0.29, 0.717) is 23.4 Å². The Morgan fingerprint density at radius 1 is 1.40 bits per heavy atom. The highest BCUT2D eigenvalue weighted by Gasteiger charge is 2.43. The van der Waals surface area contributed by atoms with Gasteiger partial charge in [0.1, 0.15) is 5.82 Å². The summed E-state index contributed by atoms with van der Waals surface area (Å²) in [7, 11) is 1.47. The molecule has 0 saturated heterocycles. The van der Waals surface area contributed by atoms with Crippen molar-refractivity contribution in [3.63, 3.8) is 0 Å². The highest BCUT2D eigenvalue weighted by Crippen LogP contribution is 2.42. The first kappa shape index (κ1) is 15.3. The second kappa shape index (κ2) is 6.10. The summed E-state index contributed by atoms with van der Waals surface area (Å²) in [6, 6.07) is 2.94. The lowest BCUT2D eigenvalue weighted by molar-refractivity contribution is -0.145. The maximum atomic E-state index is 14.6. The smallest absolute Gasteiger partial charge is 0.314 e. The van der Waals surface area contributed by atoms with E-state index in [1.165, 1.54) is 19.2 Å². The summed E-state index contributed by atoms with van der Waals surface area (Å²) < 4.78 is 19.6. The van der Waals surface area contributed by atoms with Gasteiger partial charge < -0.3 is 9.84 Å². The van der Waals surface area contributed by atoms with Gasteiger partial charge in [0.05, 0.1) is 12.0 Å². The Morgan fingerprint density at radius 3 is 2.60 bits per heavy atom. The van der Waals surface area contributed by atoms with Crippen molar-refractivity contribution in [2.45, 2.75) is 44.1 Å². The number of ether oxygens (including phenoxy) is 1. The van der Waals surface area contributed by atoms with Crippen molar-refractivity contribution in [2.24, 2.45) is 0 Å². The molecular formula is C15H18ClFO3. The van der Waals surface area contributed by atoms with Crippen LogP contribution in [-0.4, -0.2) is 18.2 Å². The van der Waals surface area contributed by atoms with Crippen LogP contribution in [0, 0.1) is 5.82 Å². The molecule has 0 heterocycles. The summed E-state index contributed by atoms with van der Waals surface area (Å²) >= 11 is 6.03. The van der Waals surface area contributed by atoms with Gasteiger partial charge >= 0.3 is 5.97 Å². The molecule has 110 valence electrons. The van der Waals surface area contributed by atoms with Gasteiger partial charge in [0.25, 0.3) is 0 Å². The lowest BCUT2D eigenvalue weighted by atomic mass is 9.69. The molecule has 1 saturated carbocycles. The van der Waals surface area contributed by atoms with E-state index in [9.17, 15) is 14.3 Å². The van der Waals surface area contributed by atoms with Gasteiger partial charge in [-0.05, 0) is 25.0 Å². The highest BCUT2D eigenvalue weighted by molar-refractivity contribution is 6.30. The average molecular weight is 301 g/mol. The number of hydrogen-bond acceptors (Lipinski definition) is 2. The zero-order chi connectivity index (χ0) is 14.8. The zero-order valence-electron chi connectivity index (χ0n) is 11.4. The van der Waals surface area contributed by atoms with Crippen molar-refractivity contribution >= 4 is 17.6 Å². The predicted molar refractivity (Wildman–Crippen MR) is 74.5 cm³/mol. The number of halogens is 2. The van der Waals surface area contributed by atoms with E-state index >= 15 is 0 Å². The third-order valence-electron chi connectivity index (χ3n) is 4.04. The molecule has 0 atom stereocenters. The quantitative estimate of drug-likeness (QED) is 0.917. The Balaban J connectivity index is 2.56. The molecule has 0 amide bonds. The van der Waals surface area contributed by atoms with Crippen LogP contribution in [0.3, 0.4) is 0 Å². The first-order chi connectivity index (χ1) is 9.51. The summed E-state index contributed by atoms with van der Waals surface area (Å²) in [6.45, 7) is 0.0785. The largest absolute Gasteiger partial charge is 0.481 e. The number of carboxylic acid groups (broad SMARTS) is 1. The molecule has 0 aliphatic heterocycles. The minimum absolute atomic E-state index is 0.0785. The molecule has 0 spiro atoms. The molecule has 1 aliphatic rings. The van der Waals surface area contributed by atoms with Crippen molar-refractivity contribution in [1.82, 2.24) is 0 Å². The Bertz CT molecular complexity index is 510. The van der Waals surface area contributed by atoms with E-state index in [-0.39, 0.29) is 12.2 Å². The summed E-state index contributed by atoms with van der Waals surface area (Å²) in [5, 5.41) is 9.98. The number of rotatable bonds is 4. The number of hydrogen-bond donors (Lipinski definition) is 1. The Kier molecular flexibility index (Phi) is 4.66.